The van der Waals surface area contributed by atoms with E-state index < -0.39 is 10.0 Å². The van der Waals surface area contributed by atoms with E-state index in [0.29, 0.717) is 5.82 Å². The molecule has 0 aliphatic heterocycles. The third kappa shape index (κ3) is 3.06. The maximum Gasteiger partial charge on any atom is 0.238 e. The summed E-state index contributed by atoms with van der Waals surface area (Å²) in [6.45, 7) is 0. The first-order valence-corrected chi connectivity index (χ1v) is 10.5. The maximum atomic E-state index is 11.6. The third-order valence-corrected chi connectivity index (χ3v) is 5.82. The van der Waals surface area contributed by atoms with E-state index >= 15 is 0 Å². The van der Waals surface area contributed by atoms with Crippen molar-refractivity contribution in [2.75, 3.05) is 0 Å². The van der Waals surface area contributed by atoms with Crippen molar-refractivity contribution in [3.63, 3.8) is 0 Å². The molecule has 3 aromatic carbocycles. The van der Waals surface area contributed by atoms with E-state index in [1.54, 1.807) is 24.5 Å². The van der Waals surface area contributed by atoms with Crippen LogP contribution in [0, 0.1) is 0 Å². The summed E-state index contributed by atoms with van der Waals surface area (Å²) in [6.07, 6.45) is 3.45. The van der Waals surface area contributed by atoms with E-state index in [-0.39, 0.29) is 4.90 Å². The van der Waals surface area contributed by atoms with Crippen molar-refractivity contribution in [3.05, 3.63) is 85.2 Å². The lowest BCUT2D eigenvalue weighted by atomic mass is 10.1. The first-order valence-electron chi connectivity index (χ1n) is 8.96. The molecule has 0 bridgehead atoms. The number of nitrogens with two attached hydrogens (primary N) is 1. The van der Waals surface area contributed by atoms with Gasteiger partial charge in [0.25, 0.3) is 0 Å². The van der Waals surface area contributed by atoms with Gasteiger partial charge in [-0.05, 0) is 53.2 Å². The van der Waals surface area contributed by atoms with Crippen LogP contribution in [0.3, 0.4) is 0 Å². The predicted octanol–water partition coefficient (Wildman–Crippen LogP) is 3.89. The van der Waals surface area contributed by atoms with Gasteiger partial charge in [0.05, 0.1) is 16.6 Å². The molecule has 0 saturated heterocycles. The molecular formula is C22H16N4O2S. The molecule has 0 amide bonds. The second kappa shape index (κ2) is 6.51. The minimum absolute atomic E-state index is 0.0660. The summed E-state index contributed by atoms with van der Waals surface area (Å²) in [4.78, 5) is 9.00. The number of pyridine rings is 1. The van der Waals surface area contributed by atoms with Gasteiger partial charge in [0.1, 0.15) is 11.3 Å². The smallest absolute Gasteiger partial charge is 0.238 e. The number of sulfonamides is 1. The number of rotatable bonds is 3. The highest BCUT2D eigenvalue weighted by Gasteiger charge is 2.16. The van der Waals surface area contributed by atoms with Gasteiger partial charge in [0, 0.05) is 17.4 Å². The summed E-state index contributed by atoms with van der Waals surface area (Å²) in [7, 11) is -3.75. The molecule has 7 heteroatoms. The summed E-state index contributed by atoms with van der Waals surface area (Å²) in [5.74, 6) is 0.698. The minimum atomic E-state index is -3.75. The normalized spacial score (nSPS) is 11.9. The van der Waals surface area contributed by atoms with Crippen LogP contribution in [0.25, 0.3) is 38.9 Å². The van der Waals surface area contributed by atoms with Gasteiger partial charge in [-0.25, -0.2) is 18.5 Å². The molecular weight excluding hydrogens is 384 g/mol. The Balaban J connectivity index is 1.76. The maximum absolute atomic E-state index is 11.6. The molecule has 29 heavy (non-hydrogen) atoms. The average Bonchev–Trinajstić information content (AvgIpc) is 3.12. The Labute approximate surface area is 167 Å². The highest BCUT2D eigenvalue weighted by molar-refractivity contribution is 7.89. The van der Waals surface area contributed by atoms with Crippen LogP contribution in [0.2, 0.25) is 0 Å². The Morgan fingerprint density at radius 2 is 1.62 bits per heavy atom. The third-order valence-electron chi connectivity index (χ3n) is 4.89. The topological polar surface area (TPSA) is 90.9 Å². The molecule has 0 fully saturated rings. The number of benzene rings is 3. The Morgan fingerprint density at radius 3 is 2.38 bits per heavy atom. The number of hydrogen-bond acceptors (Lipinski definition) is 4. The van der Waals surface area contributed by atoms with E-state index in [4.69, 9.17) is 10.1 Å². The summed E-state index contributed by atoms with van der Waals surface area (Å²) in [5, 5.41) is 7.50. The van der Waals surface area contributed by atoms with Crippen molar-refractivity contribution < 1.29 is 8.42 Å². The lowest BCUT2D eigenvalue weighted by Gasteiger charge is -2.11. The molecule has 0 unspecified atom stereocenters. The molecule has 5 aromatic rings. The van der Waals surface area contributed by atoms with Gasteiger partial charge in [0.2, 0.25) is 10.0 Å². The molecule has 0 aliphatic carbocycles. The lowest BCUT2D eigenvalue weighted by Crippen LogP contribution is -2.11. The van der Waals surface area contributed by atoms with Crippen LogP contribution in [0.4, 0.5) is 0 Å². The highest BCUT2D eigenvalue weighted by atomic mass is 32.2. The van der Waals surface area contributed by atoms with Gasteiger partial charge in [-0.2, -0.15) is 0 Å². The van der Waals surface area contributed by atoms with Crippen LogP contribution in [0.5, 0.6) is 0 Å². The fraction of sp³-hybridized carbons (Fsp3) is 0. The van der Waals surface area contributed by atoms with Gasteiger partial charge >= 0.3 is 0 Å². The first kappa shape index (κ1) is 17.5. The fourth-order valence-electron chi connectivity index (χ4n) is 3.50. The van der Waals surface area contributed by atoms with Crippen molar-refractivity contribution in [1.29, 1.82) is 0 Å². The molecule has 6 nitrogen and oxygen atoms in total. The molecule has 0 atom stereocenters. The van der Waals surface area contributed by atoms with Gasteiger partial charge in [-0.15, -0.1) is 0 Å². The summed E-state index contributed by atoms with van der Waals surface area (Å²) in [6, 6.07) is 22.7. The quantitative estimate of drug-likeness (QED) is 0.497. The van der Waals surface area contributed by atoms with E-state index in [9.17, 15) is 8.42 Å². The number of primary sulfonamides is 1. The molecule has 0 saturated carbocycles. The second-order valence-electron chi connectivity index (χ2n) is 6.74. The Bertz CT molecular complexity index is 1470. The monoisotopic (exact) mass is 400 g/mol. The van der Waals surface area contributed by atoms with Gasteiger partial charge in [0.15, 0.2) is 0 Å². The zero-order valence-electron chi connectivity index (χ0n) is 15.2. The van der Waals surface area contributed by atoms with Crippen LogP contribution in [0.1, 0.15) is 0 Å². The second-order valence-corrected chi connectivity index (χ2v) is 8.30. The lowest BCUT2D eigenvalue weighted by molar-refractivity contribution is 0.598. The molecule has 2 N–H and O–H groups in total. The highest BCUT2D eigenvalue weighted by Crippen LogP contribution is 2.30. The Kier molecular flexibility index (Phi) is 3.94. The Morgan fingerprint density at radius 1 is 0.862 bits per heavy atom. The summed E-state index contributed by atoms with van der Waals surface area (Å²) < 4.78 is 25.2. The number of fused-ring (bicyclic) bond motifs is 2. The zero-order valence-corrected chi connectivity index (χ0v) is 16.0. The van der Waals surface area contributed by atoms with Crippen molar-refractivity contribution in [3.8, 4) is 17.1 Å². The van der Waals surface area contributed by atoms with Crippen LogP contribution >= 0.6 is 0 Å². The van der Waals surface area contributed by atoms with Crippen LogP contribution < -0.4 is 5.14 Å². The molecule has 2 aromatic heterocycles. The van der Waals surface area contributed by atoms with Crippen molar-refractivity contribution >= 4 is 31.8 Å². The molecule has 0 radical (unpaired) electrons. The van der Waals surface area contributed by atoms with E-state index in [2.05, 4.69) is 33.8 Å². The number of nitrogens with zero attached hydrogens (tertiary/aromatic N) is 3. The first-order chi connectivity index (χ1) is 14.0. The fourth-order valence-corrected chi connectivity index (χ4v) is 4.01. The van der Waals surface area contributed by atoms with Gasteiger partial charge in [-0.3, -0.25) is 9.55 Å². The standard InChI is InChI=1S/C22H16N4O2S/c23-29(27,28)19-9-6-16(7-10-19)22-25-20-14-24-12-11-21(20)26(22)18-8-5-15-3-1-2-4-17(15)13-18/h1-14H,(H2,23,27,28). The zero-order chi connectivity index (χ0) is 20.0. The summed E-state index contributed by atoms with van der Waals surface area (Å²) in [5.41, 5.74) is 3.41. The number of aromatic nitrogens is 3. The Hall–Kier alpha value is -3.55. The van der Waals surface area contributed by atoms with Gasteiger partial charge in [-0.1, -0.05) is 30.3 Å². The summed E-state index contributed by atoms with van der Waals surface area (Å²) >= 11 is 0. The van der Waals surface area contributed by atoms with Crippen molar-refractivity contribution in [2.24, 2.45) is 5.14 Å². The van der Waals surface area contributed by atoms with Crippen molar-refractivity contribution in [2.45, 2.75) is 4.90 Å². The van der Waals surface area contributed by atoms with Crippen LogP contribution in [0.15, 0.2) is 90.1 Å². The van der Waals surface area contributed by atoms with Crippen LogP contribution in [-0.2, 0) is 10.0 Å². The molecule has 5 rings (SSSR count). The largest absolute Gasteiger partial charge is 0.292 e. The minimum Gasteiger partial charge on any atom is -0.292 e. The number of imidazole rings is 1. The molecule has 142 valence electrons. The predicted molar refractivity (Wildman–Crippen MR) is 113 cm³/mol. The van der Waals surface area contributed by atoms with E-state index in [1.165, 1.54) is 12.1 Å². The average molecular weight is 400 g/mol. The van der Waals surface area contributed by atoms with Crippen LogP contribution in [-0.4, -0.2) is 23.0 Å². The van der Waals surface area contributed by atoms with E-state index in [0.717, 1.165) is 33.1 Å². The van der Waals surface area contributed by atoms with E-state index in [1.807, 2.05) is 24.3 Å². The van der Waals surface area contributed by atoms with Gasteiger partial charge < -0.3 is 0 Å². The molecule has 2 heterocycles. The SMILES string of the molecule is NS(=O)(=O)c1ccc(-c2nc3cnccc3n2-c2ccc3ccccc3c2)cc1. The van der Waals surface area contributed by atoms with Crippen molar-refractivity contribution in [1.82, 2.24) is 14.5 Å². The molecule has 0 spiro atoms. The molecule has 0 aliphatic rings. The number of hydrogen-bond donors (Lipinski definition) is 1.